The van der Waals surface area contributed by atoms with Crippen LogP contribution in [-0.2, 0) is 16.4 Å². The Morgan fingerprint density at radius 2 is 1.94 bits per heavy atom. The van der Waals surface area contributed by atoms with E-state index in [4.69, 9.17) is 15.1 Å². The molecule has 0 radical (unpaired) electrons. The van der Waals surface area contributed by atoms with Gasteiger partial charge < -0.3 is 15.2 Å². The standard InChI is InChI=1S/C21H25F2N3O4S/c1-13-4-5-14(10-24)19(6-13)30-12-16(27)11-26-21(2,3)9-15-7-18(23)20(8-17(15)22)31(25,28)29/h4-8,16,26-27H,9,11-12H2,1-3H3,(H2,25,28,29)/t16-/m0/s1. The van der Waals surface area contributed by atoms with E-state index in [1.165, 1.54) is 0 Å². The number of aryl methyl sites for hydroxylation is 1. The van der Waals surface area contributed by atoms with Crippen LogP contribution < -0.4 is 15.2 Å². The summed E-state index contributed by atoms with van der Waals surface area (Å²) >= 11 is 0. The topological polar surface area (TPSA) is 125 Å². The van der Waals surface area contributed by atoms with Crippen molar-refractivity contribution in [2.45, 2.75) is 43.7 Å². The van der Waals surface area contributed by atoms with Gasteiger partial charge in [-0.05, 0) is 62.6 Å². The number of nitrogens with one attached hydrogen (secondary N) is 1. The summed E-state index contributed by atoms with van der Waals surface area (Å²) in [5.41, 5.74) is 0.460. The van der Waals surface area contributed by atoms with Crippen molar-refractivity contribution < 1.29 is 27.0 Å². The summed E-state index contributed by atoms with van der Waals surface area (Å²) in [7, 11) is -4.37. The lowest BCUT2D eigenvalue weighted by Gasteiger charge is -2.28. The van der Waals surface area contributed by atoms with Crippen molar-refractivity contribution in [2.75, 3.05) is 13.2 Å². The summed E-state index contributed by atoms with van der Waals surface area (Å²) in [6, 6.07) is 8.50. The van der Waals surface area contributed by atoms with Crippen LogP contribution in [0.15, 0.2) is 35.2 Å². The number of nitrogens with two attached hydrogens (primary N) is 1. The molecule has 4 N–H and O–H groups in total. The van der Waals surface area contributed by atoms with Gasteiger partial charge in [-0.25, -0.2) is 22.3 Å². The Labute approximate surface area is 180 Å². The van der Waals surface area contributed by atoms with Crippen LogP contribution in [0.4, 0.5) is 8.78 Å². The second kappa shape index (κ2) is 9.70. The Morgan fingerprint density at radius 1 is 1.26 bits per heavy atom. The van der Waals surface area contributed by atoms with Gasteiger partial charge in [-0.2, -0.15) is 5.26 Å². The molecule has 0 heterocycles. The van der Waals surface area contributed by atoms with Crippen LogP contribution in [0.3, 0.4) is 0 Å². The van der Waals surface area contributed by atoms with Gasteiger partial charge in [-0.1, -0.05) is 6.07 Å². The van der Waals surface area contributed by atoms with Gasteiger partial charge in [0.15, 0.2) is 0 Å². The second-order valence-electron chi connectivity index (χ2n) is 7.94. The van der Waals surface area contributed by atoms with Crippen molar-refractivity contribution >= 4 is 10.0 Å². The smallest absolute Gasteiger partial charge is 0.241 e. The fourth-order valence-corrected chi connectivity index (χ4v) is 3.54. The molecule has 2 aromatic rings. The molecule has 0 aliphatic carbocycles. The number of sulfonamides is 1. The van der Waals surface area contributed by atoms with Crippen molar-refractivity contribution in [1.82, 2.24) is 5.32 Å². The van der Waals surface area contributed by atoms with Gasteiger partial charge in [0.1, 0.15) is 41.1 Å². The van der Waals surface area contributed by atoms with Crippen LogP contribution in [0.25, 0.3) is 0 Å². The number of hydrogen-bond acceptors (Lipinski definition) is 6. The van der Waals surface area contributed by atoms with Gasteiger partial charge >= 0.3 is 0 Å². The summed E-state index contributed by atoms with van der Waals surface area (Å²) in [4.78, 5) is -0.903. The zero-order valence-corrected chi connectivity index (χ0v) is 18.3. The predicted molar refractivity (Wildman–Crippen MR) is 111 cm³/mol. The summed E-state index contributed by atoms with van der Waals surface area (Å²) < 4.78 is 56.5. The molecule has 0 aliphatic rings. The number of ether oxygens (including phenoxy) is 1. The quantitative estimate of drug-likeness (QED) is 0.534. The lowest BCUT2D eigenvalue weighted by atomic mass is 9.94. The number of primary sulfonamides is 1. The number of hydrogen-bond donors (Lipinski definition) is 3. The highest BCUT2D eigenvalue weighted by atomic mass is 32.2. The number of rotatable bonds is 9. The normalized spacial score (nSPS) is 13.0. The minimum absolute atomic E-state index is 0.0185. The molecule has 0 aliphatic heterocycles. The van der Waals surface area contributed by atoms with Crippen LogP contribution in [0.5, 0.6) is 5.75 Å². The molecule has 31 heavy (non-hydrogen) atoms. The first-order valence-electron chi connectivity index (χ1n) is 9.40. The lowest BCUT2D eigenvalue weighted by molar-refractivity contribution is 0.0986. The van der Waals surface area contributed by atoms with E-state index in [-0.39, 0.29) is 25.1 Å². The van der Waals surface area contributed by atoms with Gasteiger partial charge in [0.05, 0.1) is 5.56 Å². The maximum atomic E-state index is 14.3. The molecule has 0 unspecified atom stereocenters. The predicted octanol–water partition coefficient (Wildman–Crippen LogP) is 2.14. The lowest BCUT2D eigenvalue weighted by Crippen LogP contribution is -2.46. The molecule has 0 saturated carbocycles. The highest BCUT2D eigenvalue weighted by molar-refractivity contribution is 7.89. The minimum atomic E-state index is -4.37. The monoisotopic (exact) mass is 453 g/mol. The highest BCUT2D eigenvalue weighted by Gasteiger charge is 2.24. The molecule has 10 heteroatoms. The van der Waals surface area contributed by atoms with E-state index in [0.29, 0.717) is 17.4 Å². The van der Waals surface area contributed by atoms with E-state index in [0.717, 1.165) is 11.6 Å². The van der Waals surface area contributed by atoms with E-state index in [1.54, 1.807) is 32.0 Å². The number of aliphatic hydroxyl groups is 1. The summed E-state index contributed by atoms with van der Waals surface area (Å²) in [6.07, 6.45) is -0.914. The van der Waals surface area contributed by atoms with E-state index in [2.05, 4.69) is 5.32 Å². The molecular weight excluding hydrogens is 428 g/mol. The van der Waals surface area contributed by atoms with Crippen LogP contribution >= 0.6 is 0 Å². The Balaban J connectivity index is 1.98. The average Bonchev–Trinajstić information content (AvgIpc) is 2.66. The third-order valence-electron chi connectivity index (χ3n) is 4.54. The van der Waals surface area contributed by atoms with Crippen molar-refractivity contribution in [3.05, 3.63) is 58.7 Å². The number of nitrogens with zero attached hydrogens (tertiary/aromatic N) is 1. The van der Waals surface area contributed by atoms with Crippen molar-refractivity contribution in [1.29, 1.82) is 5.26 Å². The maximum absolute atomic E-state index is 14.3. The first-order valence-corrected chi connectivity index (χ1v) is 10.9. The number of nitriles is 1. The molecule has 1 atom stereocenters. The van der Waals surface area contributed by atoms with Crippen molar-refractivity contribution in [3.63, 3.8) is 0 Å². The van der Waals surface area contributed by atoms with Gasteiger partial charge in [0, 0.05) is 12.1 Å². The zero-order valence-electron chi connectivity index (χ0n) is 17.4. The average molecular weight is 454 g/mol. The molecule has 7 nitrogen and oxygen atoms in total. The number of β-amino-alcohol motifs (C(OH)–C–C–N with tert-alkyl or cyclic N) is 1. The first-order chi connectivity index (χ1) is 14.3. The molecule has 168 valence electrons. The van der Waals surface area contributed by atoms with Crippen molar-refractivity contribution in [2.24, 2.45) is 5.14 Å². The number of aliphatic hydroxyl groups excluding tert-OH is 1. The largest absolute Gasteiger partial charge is 0.489 e. The van der Waals surface area contributed by atoms with Crippen LogP contribution in [-0.4, -0.2) is 38.3 Å². The Kier molecular flexibility index (Phi) is 7.72. The SMILES string of the molecule is Cc1ccc(C#N)c(OC[C@@H](O)CNC(C)(C)Cc2cc(F)c(S(N)(=O)=O)cc2F)c1. The molecule has 2 aromatic carbocycles. The maximum Gasteiger partial charge on any atom is 0.241 e. The van der Waals surface area contributed by atoms with Crippen LogP contribution in [0, 0.1) is 29.9 Å². The molecule has 0 bridgehead atoms. The van der Waals surface area contributed by atoms with Gasteiger partial charge in [0.25, 0.3) is 0 Å². The molecule has 0 spiro atoms. The molecule has 2 rings (SSSR count). The second-order valence-corrected chi connectivity index (χ2v) is 9.47. The third kappa shape index (κ3) is 6.97. The third-order valence-corrected chi connectivity index (χ3v) is 5.47. The van der Waals surface area contributed by atoms with Gasteiger partial charge in [-0.3, -0.25) is 0 Å². The molecular formula is C21H25F2N3O4S. The van der Waals surface area contributed by atoms with Crippen LogP contribution in [0.1, 0.15) is 30.5 Å². The fraction of sp³-hybridized carbons (Fsp3) is 0.381. The van der Waals surface area contributed by atoms with E-state index < -0.39 is 38.2 Å². The Bertz CT molecular complexity index is 1100. The summed E-state index contributed by atoms with van der Waals surface area (Å²) in [5.74, 6) is -1.66. The Hall–Kier alpha value is -2.58. The fourth-order valence-electron chi connectivity index (χ4n) is 2.94. The zero-order chi connectivity index (χ0) is 23.4. The summed E-state index contributed by atoms with van der Waals surface area (Å²) in [6.45, 7) is 5.30. The van der Waals surface area contributed by atoms with E-state index in [9.17, 15) is 22.3 Å². The number of benzene rings is 2. The minimum Gasteiger partial charge on any atom is -0.489 e. The molecule has 0 aromatic heterocycles. The Morgan fingerprint density at radius 3 is 2.55 bits per heavy atom. The molecule has 0 saturated heterocycles. The molecule has 0 fully saturated rings. The first kappa shape index (κ1) is 24.7. The van der Waals surface area contributed by atoms with E-state index >= 15 is 0 Å². The summed E-state index contributed by atoms with van der Waals surface area (Å²) in [5, 5.41) is 27.3. The van der Waals surface area contributed by atoms with Gasteiger partial charge in [-0.15, -0.1) is 0 Å². The molecule has 0 amide bonds. The van der Waals surface area contributed by atoms with Gasteiger partial charge in [0.2, 0.25) is 10.0 Å². The van der Waals surface area contributed by atoms with Crippen molar-refractivity contribution in [3.8, 4) is 11.8 Å². The number of halogens is 2. The van der Waals surface area contributed by atoms with E-state index in [1.807, 2.05) is 13.0 Å². The highest BCUT2D eigenvalue weighted by Crippen LogP contribution is 2.22. The van der Waals surface area contributed by atoms with Crippen LogP contribution in [0.2, 0.25) is 0 Å².